The molecule has 3 rings (SSSR count). The van der Waals surface area contributed by atoms with Gasteiger partial charge in [-0.1, -0.05) is 26.0 Å². The number of benzene rings is 1. The van der Waals surface area contributed by atoms with Gasteiger partial charge in [0.1, 0.15) is 0 Å². The highest BCUT2D eigenvalue weighted by atomic mass is 16.5. The summed E-state index contributed by atoms with van der Waals surface area (Å²) in [5.74, 6) is 0.505. The average Bonchev–Trinajstić information content (AvgIpc) is 2.68. The molecule has 2 aliphatic heterocycles. The summed E-state index contributed by atoms with van der Waals surface area (Å²) in [6.45, 7) is 13.8. The van der Waals surface area contributed by atoms with Crippen LogP contribution in [-0.4, -0.2) is 86.3 Å². The molecule has 144 valence electrons. The van der Waals surface area contributed by atoms with Crippen LogP contribution in [0.15, 0.2) is 24.3 Å². The number of ether oxygens (including phenoxy) is 1. The number of nitrogens with one attached hydrogen (secondary N) is 1. The average molecular weight is 361 g/mol. The second kappa shape index (κ2) is 9.35. The summed E-state index contributed by atoms with van der Waals surface area (Å²) >= 11 is 0. The van der Waals surface area contributed by atoms with Crippen molar-refractivity contribution in [2.24, 2.45) is 0 Å². The Kier molecular flexibility index (Phi) is 6.88. The van der Waals surface area contributed by atoms with Crippen molar-refractivity contribution in [3.05, 3.63) is 29.8 Å². The van der Waals surface area contributed by atoms with Crippen molar-refractivity contribution in [3.8, 4) is 0 Å². The standard InChI is InChI=1S/C20H32N4O2/c1-17(2)18-3-5-19(6-4-18)21-20(25)24-11-9-22(10-12-24)7-8-23-13-15-26-16-14-23/h3-6,17H,7-16H2,1-2H3,(H,21,25). The molecule has 0 saturated carbocycles. The minimum atomic E-state index is 0.00938. The predicted molar refractivity (Wildman–Crippen MR) is 105 cm³/mol. The van der Waals surface area contributed by atoms with E-state index in [-0.39, 0.29) is 6.03 Å². The second-order valence-electron chi connectivity index (χ2n) is 7.49. The summed E-state index contributed by atoms with van der Waals surface area (Å²) in [4.78, 5) is 19.3. The van der Waals surface area contributed by atoms with E-state index >= 15 is 0 Å². The van der Waals surface area contributed by atoms with Crippen molar-refractivity contribution in [1.29, 1.82) is 0 Å². The third-order valence-electron chi connectivity index (χ3n) is 5.32. The van der Waals surface area contributed by atoms with E-state index in [1.807, 2.05) is 17.0 Å². The molecule has 0 bridgehead atoms. The number of anilines is 1. The minimum Gasteiger partial charge on any atom is -0.379 e. The van der Waals surface area contributed by atoms with Crippen LogP contribution in [0.2, 0.25) is 0 Å². The number of nitrogens with zero attached hydrogens (tertiary/aromatic N) is 3. The van der Waals surface area contributed by atoms with E-state index in [4.69, 9.17) is 4.74 Å². The third kappa shape index (κ3) is 5.43. The summed E-state index contributed by atoms with van der Waals surface area (Å²) in [6.07, 6.45) is 0. The van der Waals surface area contributed by atoms with Gasteiger partial charge in [-0.15, -0.1) is 0 Å². The maximum Gasteiger partial charge on any atom is 0.321 e. The summed E-state index contributed by atoms with van der Waals surface area (Å²) in [6, 6.07) is 8.17. The minimum absolute atomic E-state index is 0.00938. The Morgan fingerprint density at radius 2 is 1.54 bits per heavy atom. The summed E-state index contributed by atoms with van der Waals surface area (Å²) in [5, 5.41) is 3.02. The Morgan fingerprint density at radius 3 is 2.12 bits per heavy atom. The van der Waals surface area contributed by atoms with E-state index in [2.05, 4.69) is 41.1 Å². The van der Waals surface area contributed by atoms with E-state index < -0.39 is 0 Å². The van der Waals surface area contributed by atoms with E-state index in [9.17, 15) is 4.79 Å². The molecule has 6 nitrogen and oxygen atoms in total. The zero-order chi connectivity index (χ0) is 18.4. The quantitative estimate of drug-likeness (QED) is 0.875. The van der Waals surface area contributed by atoms with Crippen molar-refractivity contribution in [3.63, 3.8) is 0 Å². The molecule has 0 spiro atoms. The third-order valence-corrected chi connectivity index (χ3v) is 5.32. The Balaban J connectivity index is 1.38. The van der Waals surface area contributed by atoms with Crippen LogP contribution in [0.1, 0.15) is 25.3 Å². The SMILES string of the molecule is CC(C)c1ccc(NC(=O)N2CCN(CCN3CCOCC3)CC2)cc1. The molecule has 0 aromatic heterocycles. The van der Waals surface area contributed by atoms with E-state index in [1.165, 1.54) is 5.56 Å². The predicted octanol–water partition coefficient (Wildman–Crippen LogP) is 2.29. The molecule has 6 heteroatoms. The lowest BCUT2D eigenvalue weighted by Crippen LogP contribution is -2.51. The number of amides is 2. The molecule has 2 heterocycles. The summed E-state index contributed by atoms with van der Waals surface area (Å²) in [5.41, 5.74) is 2.16. The molecule has 2 fully saturated rings. The van der Waals surface area contributed by atoms with Crippen molar-refractivity contribution in [1.82, 2.24) is 14.7 Å². The van der Waals surface area contributed by atoms with Gasteiger partial charge in [0, 0.05) is 58.0 Å². The molecular formula is C20H32N4O2. The van der Waals surface area contributed by atoms with Gasteiger partial charge in [0.25, 0.3) is 0 Å². The normalized spacial score (nSPS) is 19.7. The molecular weight excluding hydrogens is 328 g/mol. The van der Waals surface area contributed by atoms with Gasteiger partial charge in [0.2, 0.25) is 0 Å². The van der Waals surface area contributed by atoms with Crippen molar-refractivity contribution < 1.29 is 9.53 Å². The number of carbonyl (C=O) groups is 1. The number of morpholine rings is 1. The molecule has 1 N–H and O–H groups in total. The van der Waals surface area contributed by atoms with Gasteiger partial charge < -0.3 is 15.0 Å². The first-order valence-electron chi connectivity index (χ1n) is 9.80. The van der Waals surface area contributed by atoms with Crippen molar-refractivity contribution in [2.45, 2.75) is 19.8 Å². The van der Waals surface area contributed by atoms with Crippen LogP contribution >= 0.6 is 0 Å². The number of rotatable bonds is 5. The van der Waals surface area contributed by atoms with Crippen LogP contribution in [0.3, 0.4) is 0 Å². The molecule has 0 atom stereocenters. The number of piperazine rings is 1. The van der Waals surface area contributed by atoms with Gasteiger partial charge in [0.15, 0.2) is 0 Å². The second-order valence-corrected chi connectivity index (χ2v) is 7.49. The molecule has 2 saturated heterocycles. The first-order valence-corrected chi connectivity index (χ1v) is 9.80. The lowest BCUT2D eigenvalue weighted by Gasteiger charge is -2.36. The fraction of sp³-hybridized carbons (Fsp3) is 0.650. The first kappa shape index (κ1) is 19.1. The van der Waals surface area contributed by atoms with Crippen molar-refractivity contribution >= 4 is 11.7 Å². The maximum absolute atomic E-state index is 12.5. The number of carbonyl (C=O) groups excluding carboxylic acids is 1. The van der Waals surface area contributed by atoms with Crippen LogP contribution in [0.5, 0.6) is 0 Å². The zero-order valence-electron chi connectivity index (χ0n) is 16.1. The number of hydrogen-bond donors (Lipinski definition) is 1. The molecule has 1 aromatic rings. The topological polar surface area (TPSA) is 48.1 Å². The molecule has 2 amide bonds. The van der Waals surface area contributed by atoms with Gasteiger partial charge in [-0.3, -0.25) is 9.80 Å². The smallest absolute Gasteiger partial charge is 0.321 e. The maximum atomic E-state index is 12.5. The number of urea groups is 1. The van der Waals surface area contributed by atoms with Crippen LogP contribution < -0.4 is 5.32 Å². The van der Waals surface area contributed by atoms with E-state index in [1.54, 1.807) is 0 Å². The van der Waals surface area contributed by atoms with Crippen LogP contribution in [0.25, 0.3) is 0 Å². The van der Waals surface area contributed by atoms with Gasteiger partial charge in [-0.25, -0.2) is 4.79 Å². The number of hydrogen-bond acceptors (Lipinski definition) is 4. The summed E-state index contributed by atoms with van der Waals surface area (Å²) < 4.78 is 5.39. The Bertz CT molecular complexity index is 562. The van der Waals surface area contributed by atoms with Gasteiger partial charge in [-0.05, 0) is 23.6 Å². The molecule has 2 aliphatic rings. The molecule has 1 aromatic carbocycles. The van der Waals surface area contributed by atoms with Gasteiger partial charge in [0.05, 0.1) is 13.2 Å². The molecule has 26 heavy (non-hydrogen) atoms. The fourth-order valence-corrected chi connectivity index (χ4v) is 3.44. The summed E-state index contributed by atoms with van der Waals surface area (Å²) in [7, 11) is 0. The molecule has 0 radical (unpaired) electrons. The zero-order valence-corrected chi connectivity index (χ0v) is 16.1. The van der Waals surface area contributed by atoms with Crippen LogP contribution in [-0.2, 0) is 4.74 Å². The highest BCUT2D eigenvalue weighted by Gasteiger charge is 2.21. The lowest BCUT2D eigenvalue weighted by molar-refractivity contribution is 0.0311. The van der Waals surface area contributed by atoms with Crippen LogP contribution in [0, 0.1) is 0 Å². The largest absolute Gasteiger partial charge is 0.379 e. The van der Waals surface area contributed by atoms with Gasteiger partial charge >= 0.3 is 6.03 Å². The van der Waals surface area contributed by atoms with E-state index in [0.29, 0.717) is 5.92 Å². The van der Waals surface area contributed by atoms with Gasteiger partial charge in [-0.2, -0.15) is 0 Å². The fourth-order valence-electron chi connectivity index (χ4n) is 3.44. The highest BCUT2D eigenvalue weighted by molar-refractivity contribution is 5.89. The highest BCUT2D eigenvalue weighted by Crippen LogP contribution is 2.17. The molecule has 0 unspecified atom stereocenters. The van der Waals surface area contributed by atoms with E-state index in [0.717, 1.165) is 71.3 Å². The monoisotopic (exact) mass is 360 g/mol. The lowest BCUT2D eigenvalue weighted by atomic mass is 10.0. The van der Waals surface area contributed by atoms with Crippen molar-refractivity contribution in [2.75, 3.05) is 70.9 Å². The Hall–Kier alpha value is -1.63. The van der Waals surface area contributed by atoms with Crippen LogP contribution in [0.4, 0.5) is 10.5 Å². The Morgan fingerprint density at radius 1 is 0.962 bits per heavy atom. The molecule has 0 aliphatic carbocycles. The first-order chi connectivity index (χ1) is 12.6. The Labute approximate surface area is 157 Å².